The molecular formula is C24H31BF2N2O4. The zero-order valence-corrected chi connectivity index (χ0v) is 20.2. The number of carbonyl (C=O) groups excluding carboxylic acids is 1. The second-order valence-electron chi connectivity index (χ2n) is 10.2. The Morgan fingerprint density at radius 2 is 1.70 bits per heavy atom. The Balaban J connectivity index is 1.99. The topological polar surface area (TPSA) is 69.7 Å². The molecule has 0 unspecified atom stereocenters. The molecule has 1 saturated heterocycles. The van der Waals surface area contributed by atoms with Crippen molar-refractivity contribution < 1.29 is 27.6 Å². The Morgan fingerprint density at radius 3 is 2.24 bits per heavy atom. The number of nitrogens with zero attached hydrogens (tertiary/aromatic N) is 1. The van der Waals surface area contributed by atoms with Crippen molar-refractivity contribution in [2.75, 3.05) is 0 Å². The molecule has 0 spiro atoms. The molecule has 1 aromatic heterocycles. The number of benzene rings is 1. The molecule has 0 aliphatic carbocycles. The summed E-state index contributed by atoms with van der Waals surface area (Å²) in [6.07, 6.45) is 0.993. The van der Waals surface area contributed by atoms with Crippen LogP contribution in [0.2, 0.25) is 0 Å². The van der Waals surface area contributed by atoms with Crippen LogP contribution in [0.25, 0.3) is 0 Å². The molecule has 1 amide bonds. The number of rotatable bonds is 5. The zero-order chi connectivity index (χ0) is 24.6. The molecule has 33 heavy (non-hydrogen) atoms. The molecular weight excluding hydrogens is 429 g/mol. The fourth-order valence-corrected chi connectivity index (χ4v) is 3.52. The van der Waals surface area contributed by atoms with Crippen molar-refractivity contribution in [3.63, 3.8) is 0 Å². The highest BCUT2D eigenvalue weighted by atomic mass is 19.1. The molecule has 9 heteroatoms. The van der Waals surface area contributed by atoms with Crippen molar-refractivity contribution in [1.82, 2.24) is 10.3 Å². The summed E-state index contributed by atoms with van der Waals surface area (Å²) in [5.41, 5.74) is -0.437. The van der Waals surface area contributed by atoms with Crippen molar-refractivity contribution in [1.29, 1.82) is 0 Å². The summed E-state index contributed by atoms with van der Waals surface area (Å²) in [7, 11) is -0.731. The van der Waals surface area contributed by atoms with E-state index in [1.165, 1.54) is 12.1 Å². The SMILES string of the molecule is CC(C)(C)OC(=O)N[C@@H](Cc1cc(F)cc(F)c1)c1ncccc1B1OC(C)(C)C(C)(C)O1. The second kappa shape index (κ2) is 9.03. The molecule has 6 nitrogen and oxygen atoms in total. The van der Waals surface area contributed by atoms with Gasteiger partial charge in [0.1, 0.15) is 17.2 Å². The Labute approximate surface area is 194 Å². The molecule has 2 aromatic rings. The van der Waals surface area contributed by atoms with Gasteiger partial charge in [-0.1, -0.05) is 6.07 Å². The van der Waals surface area contributed by atoms with Gasteiger partial charge in [0.15, 0.2) is 0 Å². The highest BCUT2D eigenvalue weighted by Crippen LogP contribution is 2.37. The van der Waals surface area contributed by atoms with Crippen LogP contribution in [0.15, 0.2) is 36.5 Å². The van der Waals surface area contributed by atoms with E-state index in [0.717, 1.165) is 6.07 Å². The van der Waals surface area contributed by atoms with E-state index >= 15 is 0 Å². The molecule has 1 aliphatic rings. The summed E-state index contributed by atoms with van der Waals surface area (Å²) < 4.78 is 45.5. The number of nitrogens with one attached hydrogen (secondary N) is 1. The van der Waals surface area contributed by atoms with Gasteiger partial charge in [-0.2, -0.15) is 0 Å². The lowest BCUT2D eigenvalue weighted by Crippen LogP contribution is -2.43. The fraction of sp³-hybridized carbons (Fsp3) is 0.500. The van der Waals surface area contributed by atoms with Gasteiger partial charge in [-0.25, -0.2) is 13.6 Å². The smallest absolute Gasteiger partial charge is 0.444 e. The molecule has 1 fully saturated rings. The monoisotopic (exact) mass is 460 g/mol. The molecule has 178 valence electrons. The number of ether oxygens (including phenoxy) is 1. The Hall–Kier alpha value is -2.52. The number of carbonyl (C=O) groups is 1. The van der Waals surface area contributed by atoms with Gasteiger partial charge >= 0.3 is 13.2 Å². The first-order valence-electron chi connectivity index (χ1n) is 10.9. The predicted octanol–water partition coefficient (Wildman–Crippen LogP) is 4.47. The summed E-state index contributed by atoms with van der Waals surface area (Å²) in [6.45, 7) is 13.0. The van der Waals surface area contributed by atoms with E-state index < -0.39 is 47.7 Å². The maximum Gasteiger partial charge on any atom is 0.496 e. The van der Waals surface area contributed by atoms with E-state index in [2.05, 4.69) is 10.3 Å². The highest BCUT2D eigenvalue weighted by molar-refractivity contribution is 6.62. The molecule has 3 rings (SSSR count). The van der Waals surface area contributed by atoms with E-state index in [0.29, 0.717) is 16.7 Å². The molecule has 1 N–H and O–H groups in total. The van der Waals surface area contributed by atoms with Crippen LogP contribution < -0.4 is 10.8 Å². The van der Waals surface area contributed by atoms with Gasteiger partial charge in [-0.05, 0) is 78.6 Å². The van der Waals surface area contributed by atoms with Gasteiger partial charge in [0.05, 0.1) is 22.9 Å². The van der Waals surface area contributed by atoms with Crippen molar-refractivity contribution in [2.24, 2.45) is 0 Å². The van der Waals surface area contributed by atoms with E-state index in [4.69, 9.17) is 14.0 Å². The minimum atomic E-state index is -0.753. The van der Waals surface area contributed by atoms with Gasteiger partial charge in [-0.3, -0.25) is 4.98 Å². The quantitative estimate of drug-likeness (QED) is 0.667. The van der Waals surface area contributed by atoms with Crippen molar-refractivity contribution in [3.05, 3.63) is 59.4 Å². The van der Waals surface area contributed by atoms with Crippen LogP contribution in [0.4, 0.5) is 13.6 Å². The summed E-state index contributed by atoms with van der Waals surface area (Å²) in [5.74, 6) is -1.40. The van der Waals surface area contributed by atoms with Crippen LogP contribution >= 0.6 is 0 Å². The first-order valence-corrected chi connectivity index (χ1v) is 10.9. The minimum Gasteiger partial charge on any atom is -0.444 e. The molecule has 1 aromatic carbocycles. The molecule has 0 radical (unpaired) electrons. The molecule has 2 heterocycles. The molecule has 0 saturated carbocycles. The van der Waals surface area contributed by atoms with Gasteiger partial charge in [0.2, 0.25) is 0 Å². The number of hydrogen-bond acceptors (Lipinski definition) is 5. The van der Waals surface area contributed by atoms with Gasteiger partial charge in [0.25, 0.3) is 0 Å². The molecule has 1 atom stereocenters. The minimum absolute atomic E-state index is 0.0808. The van der Waals surface area contributed by atoms with Gasteiger partial charge in [0, 0.05) is 17.7 Å². The first-order chi connectivity index (χ1) is 15.2. The number of hydrogen-bond donors (Lipinski definition) is 1. The number of halogens is 2. The zero-order valence-electron chi connectivity index (χ0n) is 20.2. The Bertz CT molecular complexity index is 988. The lowest BCUT2D eigenvalue weighted by Gasteiger charge is -2.32. The normalized spacial score (nSPS) is 18.2. The average Bonchev–Trinajstić information content (AvgIpc) is 2.86. The third-order valence-electron chi connectivity index (χ3n) is 5.76. The predicted molar refractivity (Wildman–Crippen MR) is 122 cm³/mol. The van der Waals surface area contributed by atoms with E-state index in [1.54, 1.807) is 39.1 Å². The van der Waals surface area contributed by atoms with Crippen LogP contribution in [0.3, 0.4) is 0 Å². The summed E-state index contributed by atoms with van der Waals surface area (Å²) in [4.78, 5) is 17.1. The maximum absolute atomic E-state index is 13.9. The number of aromatic nitrogens is 1. The van der Waals surface area contributed by atoms with E-state index in [-0.39, 0.29) is 6.42 Å². The lowest BCUT2D eigenvalue weighted by atomic mass is 9.76. The summed E-state index contributed by atoms with van der Waals surface area (Å²) in [5, 5.41) is 2.80. The fourth-order valence-electron chi connectivity index (χ4n) is 3.52. The van der Waals surface area contributed by atoms with Gasteiger partial charge in [-0.15, -0.1) is 0 Å². The third kappa shape index (κ3) is 6.09. The van der Waals surface area contributed by atoms with Crippen molar-refractivity contribution in [3.8, 4) is 0 Å². The van der Waals surface area contributed by atoms with E-state index in [1.807, 2.05) is 27.7 Å². The largest absolute Gasteiger partial charge is 0.496 e. The van der Waals surface area contributed by atoms with Crippen LogP contribution in [0.5, 0.6) is 0 Å². The van der Waals surface area contributed by atoms with Crippen LogP contribution in [0, 0.1) is 11.6 Å². The van der Waals surface area contributed by atoms with Crippen molar-refractivity contribution >= 4 is 18.7 Å². The highest BCUT2D eigenvalue weighted by Gasteiger charge is 2.52. The van der Waals surface area contributed by atoms with Crippen LogP contribution in [-0.4, -0.2) is 35.0 Å². The summed E-state index contributed by atoms with van der Waals surface area (Å²) >= 11 is 0. The number of amides is 1. The number of alkyl carbamates (subject to hydrolysis) is 1. The van der Waals surface area contributed by atoms with E-state index in [9.17, 15) is 13.6 Å². The van der Waals surface area contributed by atoms with Crippen LogP contribution in [-0.2, 0) is 20.5 Å². The third-order valence-corrected chi connectivity index (χ3v) is 5.76. The Kier molecular flexibility index (Phi) is 6.87. The maximum atomic E-state index is 13.9. The van der Waals surface area contributed by atoms with Crippen molar-refractivity contribution in [2.45, 2.75) is 77.7 Å². The first kappa shape index (κ1) is 25.1. The molecule has 1 aliphatic heterocycles. The standard InChI is InChI=1S/C24H31BF2N2O4/c1-22(2,3)31-21(30)29-19(13-15-11-16(26)14-17(27)12-15)20-18(9-8-10-28-20)25-32-23(4,5)24(6,7)33-25/h8-12,14,19H,13H2,1-7H3,(H,29,30)/t19-/m0/s1. The lowest BCUT2D eigenvalue weighted by molar-refractivity contribution is 0.00578. The molecule has 0 bridgehead atoms. The Morgan fingerprint density at radius 1 is 1.12 bits per heavy atom. The number of pyridine rings is 1. The second-order valence-corrected chi connectivity index (χ2v) is 10.2. The summed E-state index contributed by atoms with van der Waals surface area (Å²) in [6, 6.07) is 6.05. The van der Waals surface area contributed by atoms with Gasteiger partial charge < -0.3 is 19.4 Å². The van der Waals surface area contributed by atoms with Crippen LogP contribution in [0.1, 0.15) is 65.8 Å². The average molecular weight is 460 g/mol.